The van der Waals surface area contributed by atoms with Crippen LogP contribution in [0.25, 0.3) is 0 Å². The molecule has 114 valence electrons. The fourth-order valence-corrected chi connectivity index (χ4v) is 2.45. The van der Waals surface area contributed by atoms with Gasteiger partial charge in [0.2, 0.25) is 0 Å². The minimum atomic E-state index is 0.476. The Labute approximate surface area is 122 Å². The van der Waals surface area contributed by atoms with Crippen molar-refractivity contribution in [3.05, 3.63) is 23.7 Å². The number of ether oxygens (including phenoxy) is 1. The largest absolute Gasteiger partial charge is 0.462 e. The number of piperidine rings is 1. The van der Waals surface area contributed by atoms with E-state index < -0.39 is 0 Å². The first-order valence-corrected chi connectivity index (χ1v) is 7.85. The molecule has 0 amide bonds. The van der Waals surface area contributed by atoms with Crippen molar-refractivity contribution in [3.8, 4) is 0 Å². The summed E-state index contributed by atoms with van der Waals surface area (Å²) in [4.78, 5) is 2.49. The molecule has 0 saturated carbocycles. The molecule has 1 N–H and O–H groups in total. The average Bonchev–Trinajstić information content (AvgIpc) is 2.90. The van der Waals surface area contributed by atoms with E-state index in [-0.39, 0.29) is 0 Å². The van der Waals surface area contributed by atoms with Crippen LogP contribution in [-0.4, -0.2) is 37.2 Å². The molecular formula is C16H28N2O2. The Bertz CT molecular complexity index is 370. The van der Waals surface area contributed by atoms with Crippen LogP contribution in [0, 0.1) is 0 Å². The van der Waals surface area contributed by atoms with Gasteiger partial charge in [-0.15, -0.1) is 0 Å². The Balaban J connectivity index is 1.59. The molecule has 0 bridgehead atoms. The molecule has 0 aromatic carbocycles. The average molecular weight is 280 g/mol. The van der Waals surface area contributed by atoms with Crippen LogP contribution in [0.5, 0.6) is 0 Å². The molecule has 1 aromatic rings. The topological polar surface area (TPSA) is 37.6 Å². The molecule has 1 fully saturated rings. The Hall–Kier alpha value is -0.840. The van der Waals surface area contributed by atoms with Gasteiger partial charge in [-0.3, -0.25) is 0 Å². The van der Waals surface area contributed by atoms with Crippen molar-refractivity contribution in [1.29, 1.82) is 0 Å². The van der Waals surface area contributed by atoms with Crippen molar-refractivity contribution >= 4 is 0 Å². The summed E-state index contributed by atoms with van der Waals surface area (Å²) < 4.78 is 11.4. The summed E-state index contributed by atoms with van der Waals surface area (Å²) in [6.07, 6.45) is 4.06. The fraction of sp³-hybridized carbons (Fsp3) is 0.750. The lowest BCUT2D eigenvalue weighted by Crippen LogP contribution is -2.32. The Morgan fingerprint density at radius 2 is 1.95 bits per heavy atom. The zero-order valence-electron chi connectivity index (χ0n) is 12.9. The molecule has 0 atom stereocenters. The van der Waals surface area contributed by atoms with Crippen molar-refractivity contribution in [2.24, 2.45) is 0 Å². The molecule has 1 aromatic heterocycles. The summed E-state index contributed by atoms with van der Waals surface area (Å²) >= 11 is 0. The standard InChI is InChI=1S/C16H28N2O2/c1-14(2)17-12-15-6-7-16(20-15)13-19-11-10-18-8-4-3-5-9-18/h6-7,14,17H,3-5,8-13H2,1-2H3. The van der Waals surface area contributed by atoms with Crippen molar-refractivity contribution in [1.82, 2.24) is 10.2 Å². The smallest absolute Gasteiger partial charge is 0.129 e. The van der Waals surface area contributed by atoms with Crippen LogP contribution < -0.4 is 5.32 Å². The van der Waals surface area contributed by atoms with Gasteiger partial charge in [0.05, 0.1) is 13.2 Å². The van der Waals surface area contributed by atoms with E-state index in [2.05, 4.69) is 24.1 Å². The van der Waals surface area contributed by atoms with Crippen molar-refractivity contribution in [2.75, 3.05) is 26.2 Å². The van der Waals surface area contributed by atoms with Gasteiger partial charge in [-0.05, 0) is 38.1 Å². The summed E-state index contributed by atoms with van der Waals surface area (Å²) in [5.74, 6) is 1.90. The molecule has 4 nitrogen and oxygen atoms in total. The van der Waals surface area contributed by atoms with Crippen LogP contribution in [0.15, 0.2) is 16.5 Å². The van der Waals surface area contributed by atoms with E-state index in [1.807, 2.05) is 12.1 Å². The normalized spacial score (nSPS) is 16.9. The molecule has 0 aliphatic carbocycles. The Morgan fingerprint density at radius 3 is 2.70 bits per heavy atom. The number of hydrogen-bond acceptors (Lipinski definition) is 4. The first-order valence-electron chi connectivity index (χ1n) is 7.85. The molecule has 0 radical (unpaired) electrons. The molecule has 1 aliphatic heterocycles. The van der Waals surface area contributed by atoms with Crippen LogP contribution in [0.4, 0.5) is 0 Å². The van der Waals surface area contributed by atoms with Crippen molar-refractivity contribution in [2.45, 2.75) is 52.3 Å². The highest BCUT2D eigenvalue weighted by Crippen LogP contribution is 2.10. The van der Waals surface area contributed by atoms with Gasteiger partial charge in [-0.25, -0.2) is 0 Å². The third-order valence-corrected chi connectivity index (χ3v) is 3.65. The quantitative estimate of drug-likeness (QED) is 0.743. The van der Waals surface area contributed by atoms with Gasteiger partial charge in [-0.1, -0.05) is 20.3 Å². The maximum atomic E-state index is 5.72. The third kappa shape index (κ3) is 5.65. The lowest BCUT2D eigenvalue weighted by atomic mass is 10.1. The number of hydrogen-bond donors (Lipinski definition) is 1. The summed E-state index contributed by atoms with van der Waals surface area (Å²) in [6.45, 7) is 9.93. The zero-order valence-corrected chi connectivity index (χ0v) is 12.9. The van der Waals surface area contributed by atoms with E-state index in [0.717, 1.165) is 31.2 Å². The highest BCUT2D eigenvalue weighted by Gasteiger charge is 2.09. The molecular weight excluding hydrogens is 252 g/mol. The van der Waals surface area contributed by atoms with E-state index >= 15 is 0 Å². The molecule has 1 aliphatic rings. The number of rotatable bonds is 8. The lowest BCUT2D eigenvalue weighted by molar-refractivity contribution is 0.0758. The fourth-order valence-electron chi connectivity index (χ4n) is 2.45. The van der Waals surface area contributed by atoms with E-state index in [4.69, 9.17) is 9.15 Å². The number of furan rings is 1. The second-order valence-corrected chi connectivity index (χ2v) is 5.86. The third-order valence-electron chi connectivity index (χ3n) is 3.65. The van der Waals surface area contributed by atoms with Gasteiger partial charge < -0.3 is 19.4 Å². The molecule has 0 spiro atoms. The van der Waals surface area contributed by atoms with Crippen LogP contribution in [-0.2, 0) is 17.9 Å². The van der Waals surface area contributed by atoms with Crippen LogP contribution >= 0.6 is 0 Å². The summed E-state index contributed by atoms with van der Waals surface area (Å²) in [5.41, 5.74) is 0. The second kappa shape index (κ2) is 8.45. The predicted molar refractivity (Wildman–Crippen MR) is 80.6 cm³/mol. The zero-order chi connectivity index (χ0) is 14.2. The minimum Gasteiger partial charge on any atom is -0.462 e. The van der Waals surface area contributed by atoms with Gasteiger partial charge in [0.1, 0.15) is 18.1 Å². The van der Waals surface area contributed by atoms with Gasteiger partial charge >= 0.3 is 0 Å². The lowest BCUT2D eigenvalue weighted by Gasteiger charge is -2.25. The maximum Gasteiger partial charge on any atom is 0.129 e. The van der Waals surface area contributed by atoms with Crippen LogP contribution in [0.1, 0.15) is 44.6 Å². The van der Waals surface area contributed by atoms with Crippen molar-refractivity contribution in [3.63, 3.8) is 0 Å². The van der Waals surface area contributed by atoms with E-state index in [1.165, 1.54) is 32.4 Å². The molecule has 2 heterocycles. The number of likely N-dealkylation sites (tertiary alicyclic amines) is 1. The van der Waals surface area contributed by atoms with Crippen molar-refractivity contribution < 1.29 is 9.15 Å². The van der Waals surface area contributed by atoms with E-state index in [0.29, 0.717) is 12.6 Å². The minimum absolute atomic E-state index is 0.476. The summed E-state index contributed by atoms with van der Waals surface area (Å²) in [6, 6.07) is 4.51. The Morgan fingerprint density at radius 1 is 1.20 bits per heavy atom. The van der Waals surface area contributed by atoms with Gasteiger partial charge in [0, 0.05) is 12.6 Å². The predicted octanol–water partition coefficient (Wildman–Crippen LogP) is 2.78. The van der Waals surface area contributed by atoms with Crippen LogP contribution in [0.3, 0.4) is 0 Å². The molecule has 1 saturated heterocycles. The Kier molecular flexibility index (Phi) is 6.57. The maximum absolute atomic E-state index is 5.72. The highest BCUT2D eigenvalue weighted by molar-refractivity contribution is 5.06. The van der Waals surface area contributed by atoms with E-state index in [9.17, 15) is 0 Å². The molecule has 4 heteroatoms. The second-order valence-electron chi connectivity index (χ2n) is 5.86. The first kappa shape index (κ1) is 15.5. The summed E-state index contributed by atoms with van der Waals surface area (Å²) in [7, 11) is 0. The molecule has 20 heavy (non-hydrogen) atoms. The van der Waals surface area contributed by atoms with Gasteiger partial charge in [-0.2, -0.15) is 0 Å². The molecule has 0 unspecified atom stereocenters. The van der Waals surface area contributed by atoms with Crippen LogP contribution in [0.2, 0.25) is 0 Å². The number of nitrogens with one attached hydrogen (secondary N) is 1. The van der Waals surface area contributed by atoms with Gasteiger partial charge in [0.25, 0.3) is 0 Å². The molecule has 2 rings (SSSR count). The first-order chi connectivity index (χ1) is 9.74. The monoisotopic (exact) mass is 280 g/mol. The van der Waals surface area contributed by atoms with Gasteiger partial charge in [0.15, 0.2) is 0 Å². The summed E-state index contributed by atoms with van der Waals surface area (Å²) in [5, 5.41) is 3.34. The highest BCUT2D eigenvalue weighted by atomic mass is 16.5. The van der Waals surface area contributed by atoms with E-state index in [1.54, 1.807) is 0 Å². The number of nitrogens with zero attached hydrogens (tertiary/aromatic N) is 1. The SMILES string of the molecule is CC(C)NCc1ccc(COCCN2CCCCC2)o1.